The van der Waals surface area contributed by atoms with E-state index in [4.69, 9.17) is 4.74 Å². The van der Waals surface area contributed by atoms with Gasteiger partial charge in [0.2, 0.25) is 5.91 Å². The molecular weight excluding hydrogens is 290 g/mol. The van der Waals surface area contributed by atoms with Crippen LogP contribution in [0.5, 0.6) is 0 Å². The largest absolute Gasteiger partial charge is 0.464 e. The molecule has 23 heavy (non-hydrogen) atoms. The molecule has 0 aromatic heterocycles. The summed E-state index contributed by atoms with van der Waals surface area (Å²) in [4.78, 5) is 24.8. The van der Waals surface area contributed by atoms with Gasteiger partial charge in [0.05, 0.1) is 6.61 Å². The molecule has 4 atom stereocenters. The third kappa shape index (κ3) is 3.63. The van der Waals surface area contributed by atoms with E-state index in [0.29, 0.717) is 24.9 Å². The Hall–Kier alpha value is -2.10. The predicted octanol–water partition coefficient (Wildman–Crippen LogP) is 2.49. The zero-order valence-electron chi connectivity index (χ0n) is 13.4. The predicted molar refractivity (Wildman–Crippen MR) is 87.6 cm³/mol. The highest BCUT2D eigenvalue weighted by Gasteiger charge is 2.40. The lowest BCUT2D eigenvalue weighted by molar-refractivity contribution is -0.148. The number of hydrogen-bond acceptors (Lipinski definition) is 3. The van der Waals surface area contributed by atoms with Gasteiger partial charge in [-0.15, -0.1) is 0 Å². The Morgan fingerprint density at radius 3 is 2.61 bits per heavy atom. The van der Waals surface area contributed by atoms with Gasteiger partial charge in [-0.3, -0.25) is 4.79 Å². The van der Waals surface area contributed by atoms with Crippen molar-refractivity contribution in [3.05, 3.63) is 48.0 Å². The first-order valence-corrected chi connectivity index (χ1v) is 8.36. The summed E-state index contributed by atoms with van der Waals surface area (Å²) in [6, 6.07) is 9.09. The van der Waals surface area contributed by atoms with Crippen molar-refractivity contribution in [2.24, 2.45) is 17.8 Å². The highest BCUT2D eigenvalue weighted by Crippen LogP contribution is 2.43. The number of carbonyl (C=O) groups excluding carboxylic acids is 2. The maximum Gasteiger partial charge on any atom is 0.328 e. The molecule has 2 aliphatic rings. The number of rotatable bonds is 6. The van der Waals surface area contributed by atoms with Gasteiger partial charge in [-0.2, -0.15) is 0 Å². The molecule has 0 radical (unpaired) electrons. The molecule has 3 unspecified atom stereocenters. The number of allylic oxidation sites excluding steroid dienone is 2. The van der Waals surface area contributed by atoms with Crippen LogP contribution in [0.1, 0.15) is 25.3 Å². The molecule has 1 saturated carbocycles. The maximum absolute atomic E-state index is 12.6. The lowest BCUT2D eigenvalue weighted by Gasteiger charge is -2.22. The van der Waals surface area contributed by atoms with Crippen LogP contribution in [0.25, 0.3) is 0 Å². The molecule has 4 nitrogen and oxygen atoms in total. The van der Waals surface area contributed by atoms with Crippen LogP contribution in [0.3, 0.4) is 0 Å². The van der Waals surface area contributed by atoms with Crippen LogP contribution in [-0.2, 0) is 20.7 Å². The van der Waals surface area contributed by atoms with Crippen LogP contribution in [0.2, 0.25) is 0 Å². The highest BCUT2D eigenvalue weighted by atomic mass is 16.5. The van der Waals surface area contributed by atoms with Crippen molar-refractivity contribution in [3.8, 4) is 0 Å². The first-order valence-electron chi connectivity index (χ1n) is 8.36. The van der Waals surface area contributed by atoms with Crippen molar-refractivity contribution in [1.82, 2.24) is 5.32 Å². The van der Waals surface area contributed by atoms with E-state index in [1.54, 1.807) is 6.92 Å². The zero-order chi connectivity index (χ0) is 16.2. The normalized spacial score (nSPS) is 26.0. The molecule has 2 bridgehead atoms. The summed E-state index contributed by atoms with van der Waals surface area (Å²) in [6.07, 6.45) is 6.78. The number of ether oxygens (including phenoxy) is 1. The zero-order valence-corrected chi connectivity index (χ0v) is 13.4. The molecule has 122 valence electrons. The van der Waals surface area contributed by atoms with Gasteiger partial charge in [-0.1, -0.05) is 42.5 Å². The SMILES string of the molecule is CCOC(=O)[C@H](Cc1ccccc1)NC(=O)C1CC2C=CC1C2. The molecule has 0 spiro atoms. The summed E-state index contributed by atoms with van der Waals surface area (Å²) >= 11 is 0. The number of fused-ring (bicyclic) bond motifs is 2. The number of hydrogen-bond donors (Lipinski definition) is 1. The molecule has 1 fully saturated rings. The van der Waals surface area contributed by atoms with Crippen molar-refractivity contribution in [2.45, 2.75) is 32.2 Å². The molecule has 1 aromatic carbocycles. The van der Waals surface area contributed by atoms with E-state index < -0.39 is 6.04 Å². The van der Waals surface area contributed by atoms with Gasteiger partial charge >= 0.3 is 5.97 Å². The molecule has 1 aromatic rings. The third-order valence-electron chi connectivity index (χ3n) is 4.79. The maximum atomic E-state index is 12.6. The van der Waals surface area contributed by atoms with Gasteiger partial charge in [0.1, 0.15) is 6.04 Å². The van der Waals surface area contributed by atoms with Crippen molar-refractivity contribution in [1.29, 1.82) is 0 Å². The van der Waals surface area contributed by atoms with Crippen molar-refractivity contribution in [3.63, 3.8) is 0 Å². The van der Waals surface area contributed by atoms with Gasteiger partial charge in [0.15, 0.2) is 0 Å². The number of nitrogens with one attached hydrogen (secondary N) is 1. The summed E-state index contributed by atoms with van der Waals surface area (Å²) in [7, 11) is 0. The van der Waals surface area contributed by atoms with Crippen LogP contribution >= 0.6 is 0 Å². The standard InChI is InChI=1S/C19H23NO3/c1-2-23-19(22)17(12-13-6-4-3-5-7-13)20-18(21)16-11-14-8-9-15(16)10-14/h3-9,14-17H,2,10-12H2,1H3,(H,20,21)/t14?,15?,16?,17-/m0/s1. The minimum atomic E-state index is -0.618. The Balaban J connectivity index is 1.66. The molecule has 1 N–H and O–H groups in total. The van der Waals surface area contributed by atoms with Gasteiger partial charge in [0.25, 0.3) is 0 Å². The van der Waals surface area contributed by atoms with E-state index in [0.717, 1.165) is 18.4 Å². The minimum absolute atomic E-state index is 0.00213. The Kier molecular flexibility index (Phi) is 4.79. The molecule has 1 amide bonds. The second-order valence-electron chi connectivity index (χ2n) is 6.39. The van der Waals surface area contributed by atoms with E-state index in [1.807, 2.05) is 30.3 Å². The number of esters is 1. The topological polar surface area (TPSA) is 55.4 Å². The summed E-state index contributed by atoms with van der Waals surface area (Å²) in [5.41, 5.74) is 1.01. The van der Waals surface area contributed by atoms with Crippen LogP contribution in [-0.4, -0.2) is 24.5 Å². The molecular formula is C19H23NO3. The van der Waals surface area contributed by atoms with E-state index in [9.17, 15) is 9.59 Å². The minimum Gasteiger partial charge on any atom is -0.464 e. The lowest BCUT2D eigenvalue weighted by atomic mass is 9.92. The number of carbonyl (C=O) groups is 2. The van der Waals surface area contributed by atoms with Gasteiger partial charge < -0.3 is 10.1 Å². The Bertz CT molecular complexity index is 596. The quantitative estimate of drug-likeness (QED) is 0.648. The monoisotopic (exact) mass is 313 g/mol. The third-order valence-corrected chi connectivity index (χ3v) is 4.79. The van der Waals surface area contributed by atoms with E-state index in [2.05, 4.69) is 17.5 Å². The molecule has 3 rings (SSSR count). The van der Waals surface area contributed by atoms with Gasteiger partial charge in [0, 0.05) is 12.3 Å². The summed E-state index contributed by atoms with van der Waals surface area (Å²) in [5, 5.41) is 2.93. The summed E-state index contributed by atoms with van der Waals surface area (Å²) in [5.74, 6) is 0.488. The Morgan fingerprint density at radius 2 is 2.00 bits per heavy atom. The first-order chi connectivity index (χ1) is 11.2. The average Bonchev–Trinajstić information content (AvgIpc) is 3.18. The molecule has 0 saturated heterocycles. The van der Waals surface area contributed by atoms with Crippen LogP contribution < -0.4 is 5.32 Å². The number of amides is 1. The summed E-state index contributed by atoms with van der Waals surface area (Å²) in [6.45, 7) is 2.09. The van der Waals surface area contributed by atoms with Crippen LogP contribution in [0.15, 0.2) is 42.5 Å². The fourth-order valence-corrected chi connectivity index (χ4v) is 3.65. The molecule has 0 heterocycles. The Labute approximate surface area is 136 Å². The second kappa shape index (κ2) is 6.99. The van der Waals surface area contributed by atoms with E-state index in [1.165, 1.54) is 0 Å². The molecule has 2 aliphatic carbocycles. The Morgan fingerprint density at radius 1 is 1.22 bits per heavy atom. The van der Waals surface area contributed by atoms with E-state index >= 15 is 0 Å². The highest BCUT2D eigenvalue weighted by molar-refractivity contribution is 5.86. The van der Waals surface area contributed by atoms with Gasteiger partial charge in [-0.05, 0) is 37.2 Å². The van der Waals surface area contributed by atoms with Crippen molar-refractivity contribution < 1.29 is 14.3 Å². The van der Waals surface area contributed by atoms with Crippen molar-refractivity contribution in [2.75, 3.05) is 6.61 Å². The smallest absolute Gasteiger partial charge is 0.328 e. The average molecular weight is 313 g/mol. The summed E-state index contributed by atoms with van der Waals surface area (Å²) < 4.78 is 5.13. The second-order valence-corrected chi connectivity index (χ2v) is 6.39. The molecule has 4 heteroatoms. The lowest BCUT2D eigenvalue weighted by Crippen LogP contribution is -2.46. The number of benzene rings is 1. The molecule has 0 aliphatic heterocycles. The van der Waals surface area contributed by atoms with Crippen LogP contribution in [0.4, 0.5) is 0 Å². The van der Waals surface area contributed by atoms with Crippen molar-refractivity contribution >= 4 is 11.9 Å². The fraction of sp³-hybridized carbons (Fsp3) is 0.474. The van der Waals surface area contributed by atoms with Crippen LogP contribution in [0, 0.1) is 17.8 Å². The van der Waals surface area contributed by atoms with E-state index in [-0.39, 0.29) is 17.8 Å². The first kappa shape index (κ1) is 15.8. The fourth-order valence-electron chi connectivity index (χ4n) is 3.65. The van der Waals surface area contributed by atoms with Gasteiger partial charge in [-0.25, -0.2) is 4.79 Å².